The Balaban J connectivity index is -0.000000445. The van der Waals surface area contributed by atoms with E-state index < -0.39 is 0 Å². The summed E-state index contributed by atoms with van der Waals surface area (Å²) in [5.74, 6) is -0.704. The van der Waals surface area contributed by atoms with E-state index in [1.807, 2.05) is 41.5 Å². The Kier molecular flexibility index (Phi) is 22.7. The van der Waals surface area contributed by atoms with Gasteiger partial charge in [-0.15, -0.1) is 0 Å². The second kappa shape index (κ2) is 20.4. The molecule has 2 aromatic rings. The van der Waals surface area contributed by atoms with Gasteiger partial charge < -0.3 is 9.97 Å². The van der Waals surface area contributed by atoms with Crippen LogP contribution in [0.15, 0.2) is 10.5 Å². The van der Waals surface area contributed by atoms with E-state index in [0.29, 0.717) is 15.2 Å². The van der Waals surface area contributed by atoms with Crippen LogP contribution in [0.1, 0.15) is 62.5 Å². The van der Waals surface area contributed by atoms with Crippen molar-refractivity contribution in [2.45, 2.75) is 41.5 Å². The third kappa shape index (κ3) is 11.8. The van der Waals surface area contributed by atoms with Crippen molar-refractivity contribution in [3.63, 3.8) is 0 Å². The maximum atomic E-state index is 11.6. The molecule has 0 saturated carbocycles. The van der Waals surface area contributed by atoms with E-state index in [1.165, 1.54) is 34.4 Å². The van der Waals surface area contributed by atoms with Crippen molar-refractivity contribution in [1.82, 2.24) is 20.1 Å². The van der Waals surface area contributed by atoms with Gasteiger partial charge in [-0.25, -0.2) is 10.1 Å². The number of amides is 2. The number of H-pyrrole nitrogens is 2. The molecule has 0 aliphatic rings. The molecule has 2 rings (SSSR count). The molecule has 2 amide bonds. The molecular weight excluding hydrogens is 582 g/mol. The van der Waals surface area contributed by atoms with Crippen molar-refractivity contribution in [2.75, 3.05) is 28.3 Å². The topological polar surface area (TPSA) is 90.7 Å². The number of hydrogen-bond donors (Lipinski definition) is 2. The van der Waals surface area contributed by atoms with Gasteiger partial charge >= 0.3 is 0 Å². The summed E-state index contributed by atoms with van der Waals surface area (Å²) in [5.41, 5.74) is 0.545. The molecule has 13 heteroatoms. The van der Waals surface area contributed by atoms with Gasteiger partial charge in [-0.3, -0.25) is 19.3 Å². The Morgan fingerprint density at radius 1 is 0.818 bits per heavy atom. The SMILES string of the molecule is CC.CC.CC.CON(C)C(=O)c1[nH]c(Cl)c(Cl)c1Br.CON(C)C(=O)c1cc(Cl)c(Cl)[nH]1. The zero-order valence-electron chi connectivity index (χ0n) is 20.5. The molecule has 0 fully saturated rings. The zero-order valence-corrected chi connectivity index (χ0v) is 25.1. The smallest absolute Gasteiger partial charge is 0.294 e. The number of nitrogens with zero attached hydrogens (tertiary/aromatic N) is 2. The Morgan fingerprint density at radius 3 is 1.55 bits per heavy atom. The van der Waals surface area contributed by atoms with Crippen LogP contribution >= 0.6 is 62.3 Å². The molecule has 192 valence electrons. The number of halogens is 5. The summed E-state index contributed by atoms with van der Waals surface area (Å²) in [5, 5.41) is 3.18. The van der Waals surface area contributed by atoms with Crippen LogP contribution in [0.2, 0.25) is 20.4 Å². The number of carbonyl (C=O) groups is 2. The quantitative estimate of drug-likeness (QED) is 0.345. The summed E-state index contributed by atoms with van der Waals surface area (Å²) >= 11 is 25.9. The summed E-state index contributed by atoms with van der Waals surface area (Å²) in [4.78, 5) is 37.7. The van der Waals surface area contributed by atoms with Crippen LogP contribution in [-0.4, -0.2) is 60.2 Å². The van der Waals surface area contributed by atoms with Crippen LogP contribution in [0.4, 0.5) is 0 Å². The second-order valence-corrected chi connectivity index (χ2v) is 7.09. The molecule has 33 heavy (non-hydrogen) atoms. The van der Waals surface area contributed by atoms with Gasteiger partial charge in [-0.05, 0) is 22.0 Å². The molecule has 0 aliphatic carbocycles. The minimum atomic E-state index is -0.367. The number of aromatic nitrogens is 2. The fourth-order valence-electron chi connectivity index (χ4n) is 1.59. The highest BCUT2D eigenvalue weighted by atomic mass is 79.9. The first-order valence-corrected chi connectivity index (χ1v) is 12.3. The largest absolute Gasteiger partial charge is 0.340 e. The predicted octanol–water partition coefficient (Wildman–Crippen LogP) is 7.75. The lowest BCUT2D eigenvalue weighted by molar-refractivity contribution is -0.0760. The van der Waals surface area contributed by atoms with Crippen molar-refractivity contribution >= 4 is 74.1 Å². The van der Waals surface area contributed by atoms with Gasteiger partial charge in [0, 0.05) is 14.1 Å². The summed E-state index contributed by atoms with van der Waals surface area (Å²) in [6.07, 6.45) is 0. The summed E-state index contributed by atoms with van der Waals surface area (Å²) in [7, 11) is 5.75. The van der Waals surface area contributed by atoms with E-state index in [0.717, 1.165) is 10.1 Å². The number of hydroxylamine groups is 4. The summed E-state index contributed by atoms with van der Waals surface area (Å²) < 4.78 is 0.429. The first-order valence-electron chi connectivity index (χ1n) is 9.95. The van der Waals surface area contributed by atoms with Crippen molar-refractivity contribution in [1.29, 1.82) is 0 Å². The number of carbonyl (C=O) groups excluding carboxylic acids is 2. The standard InChI is InChI=1S/C7H7BrCl2N2O2.C7H8Cl2N2O2.3C2H6/c1-12(14-2)7(13)5-3(8)4(9)6(10)11-5;1-11(13-2)7(12)5-3-4(8)6(9)10-5;3*1-2/h11H,1-2H3;3,10H,1-2H3;3*1-2H3. The molecular formula is C20H33BrCl4N4O4. The number of rotatable bonds is 4. The molecule has 0 radical (unpaired) electrons. The molecule has 0 unspecified atom stereocenters. The van der Waals surface area contributed by atoms with E-state index in [2.05, 4.69) is 25.9 Å². The normalized spacial score (nSPS) is 8.94. The van der Waals surface area contributed by atoms with Gasteiger partial charge in [-0.1, -0.05) is 87.9 Å². The molecule has 8 nitrogen and oxygen atoms in total. The maximum absolute atomic E-state index is 11.6. The highest BCUT2D eigenvalue weighted by molar-refractivity contribution is 9.10. The minimum absolute atomic E-state index is 0.214. The fraction of sp³-hybridized carbons (Fsp3) is 0.500. The molecule has 0 spiro atoms. The van der Waals surface area contributed by atoms with Gasteiger partial charge in [0.2, 0.25) is 0 Å². The highest BCUT2D eigenvalue weighted by Crippen LogP contribution is 2.33. The first kappa shape index (κ1) is 36.6. The lowest BCUT2D eigenvalue weighted by Crippen LogP contribution is -2.25. The van der Waals surface area contributed by atoms with Crippen molar-refractivity contribution in [3.05, 3.63) is 42.3 Å². The second-order valence-electron chi connectivity index (χ2n) is 4.76. The Hall–Kier alpha value is -0.940. The van der Waals surface area contributed by atoms with Crippen molar-refractivity contribution < 1.29 is 19.3 Å². The van der Waals surface area contributed by atoms with Gasteiger partial charge in [-0.2, -0.15) is 0 Å². The zero-order chi connectivity index (χ0) is 26.9. The van der Waals surface area contributed by atoms with E-state index in [-0.39, 0.29) is 32.8 Å². The lowest BCUT2D eigenvalue weighted by atomic mass is 10.4. The molecule has 0 aromatic carbocycles. The lowest BCUT2D eigenvalue weighted by Gasteiger charge is -2.12. The van der Waals surface area contributed by atoms with Gasteiger partial charge in [0.05, 0.1) is 28.7 Å². The highest BCUT2D eigenvalue weighted by Gasteiger charge is 2.21. The molecule has 0 bridgehead atoms. The van der Waals surface area contributed by atoms with Crippen molar-refractivity contribution in [2.24, 2.45) is 0 Å². The van der Waals surface area contributed by atoms with E-state index in [4.69, 9.17) is 56.1 Å². The van der Waals surface area contributed by atoms with E-state index in [9.17, 15) is 9.59 Å². The number of nitrogens with one attached hydrogen (secondary N) is 2. The fourth-order valence-corrected chi connectivity index (χ4v) is 2.81. The number of hydrogen-bond acceptors (Lipinski definition) is 4. The average molecular weight is 615 g/mol. The third-order valence-electron chi connectivity index (χ3n) is 3.13. The van der Waals surface area contributed by atoms with Crippen LogP contribution in [0.5, 0.6) is 0 Å². The minimum Gasteiger partial charge on any atom is -0.340 e. The molecule has 0 saturated heterocycles. The Bertz CT molecular complexity index is 812. The maximum Gasteiger partial charge on any atom is 0.294 e. The summed E-state index contributed by atoms with van der Waals surface area (Å²) in [6.45, 7) is 12.0. The van der Waals surface area contributed by atoms with Crippen LogP contribution in [0.25, 0.3) is 0 Å². The van der Waals surface area contributed by atoms with Crippen LogP contribution < -0.4 is 0 Å². The Labute approximate surface area is 224 Å². The van der Waals surface area contributed by atoms with Gasteiger partial charge in [0.15, 0.2) is 0 Å². The van der Waals surface area contributed by atoms with Gasteiger partial charge in [0.1, 0.15) is 21.7 Å². The van der Waals surface area contributed by atoms with E-state index >= 15 is 0 Å². The first-order chi connectivity index (χ1) is 15.5. The van der Waals surface area contributed by atoms with Gasteiger partial charge in [0.25, 0.3) is 11.8 Å². The predicted molar refractivity (Wildman–Crippen MR) is 142 cm³/mol. The van der Waals surface area contributed by atoms with Crippen LogP contribution in [0.3, 0.4) is 0 Å². The molecule has 2 heterocycles. The molecule has 2 N–H and O–H groups in total. The van der Waals surface area contributed by atoms with Crippen LogP contribution in [-0.2, 0) is 9.68 Å². The average Bonchev–Trinajstić information content (AvgIpc) is 3.33. The molecule has 0 atom stereocenters. The van der Waals surface area contributed by atoms with Crippen molar-refractivity contribution in [3.8, 4) is 0 Å². The third-order valence-corrected chi connectivity index (χ3v) is 5.60. The monoisotopic (exact) mass is 612 g/mol. The molecule has 2 aromatic heterocycles. The molecule has 0 aliphatic heterocycles. The summed E-state index contributed by atoms with van der Waals surface area (Å²) in [6, 6.07) is 1.45. The van der Waals surface area contributed by atoms with Crippen LogP contribution in [0, 0.1) is 0 Å². The van der Waals surface area contributed by atoms with E-state index in [1.54, 1.807) is 0 Å². The Morgan fingerprint density at radius 2 is 1.24 bits per heavy atom. The number of aromatic amines is 2.